The Kier molecular flexibility index (Phi) is 6.71. The molecule has 1 aromatic rings. The molecule has 8 nitrogen and oxygen atoms in total. The number of nitrogens with one attached hydrogen (secondary N) is 1. The van der Waals surface area contributed by atoms with Crippen molar-refractivity contribution in [2.75, 3.05) is 52.9 Å². The van der Waals surface area contributed by atoms with Gasteiger partial charge in [-0.3, -0.25) is 14.7 Å². The molecule has 0 aromatic carbocycles. The van der Waals surface area contributed by atoms with E-state index in [9.17, 15) is 4.79 Å². The molecule has 0 bridgehead atoms. The van der Waals surface area contributed by atoms with E-state index in [1.54, 1.807) is 13.3 Å². The van der Waals surface area contributed by atoms with Crippen molar-refractivity contribution in [3.8, 4) is 0 Å². The topological polar surface area (TPSA) is 77.2 Å². The van der Waals surface area contributed by atoms with Crippen LogP contribution in [0.2, 0.25) is 0 Å². The van der Waals surface area contributed by atoms with Crippen molar-refractivity contribution in [2.24, 2.45) is 16.8 Å². The molecule has 1 N–H and O–H groups in total. The number of hydrogen-bond acceptors (Lipinski definition) is 5. The average molecular weight is 377 g/mol. The molecule has 2 aliphatic heterocycles. The van der Waals surface area contributed by atoms with E-state index >= 15 is 0 Å². The second-order valence-electron chi connectivity index (χ2n) is 7.90. The van der Waals surface area contributed by atoms with E-state index in [0.29, 0.717) is 24.9 Å². The Morgan fingerprint density at radius 1 is 1.22 bits per heavy atom. The fourth-order valence-electron chi connectivity index (χ4n) is 4.11. The third-order valence-corrected chi connectivity index (χ3v) is 5.38. The van der Waals surface area contributed by atoms with Crippen LogP contribution < -0.4 is 5.32 Å². The van der Waals surface area contributed by atoms with Crippen molar-refractivity contribution in [3.05, 3.63) is 18.0 Å². The highest BCUT2D eigenvalue weighted by molar-refractivity contribution is 5.80. The molecule has 3 heterocycles. The molecule has 3 rings (SSSR count). The van der Waals surface area contributed by atoms with Crippen molar-refractivity contribution in [1.29, 1.82) is 0 Å². The van der Waals surface area contributed by atoms with Gasteiger partial charge in [-0.25, -0.2) is 0 Å². The molecule has 0 spiro atoms. The summed E-state index contributed by atoms with van der Waals surface area (Å²) in [4.78, 5) is 23.6. The van der Waals surface area contributed by atoms with Crippen LogP contribution in [0.3, 0.4) is 0 Å². The first-order valence-electron chi connectivity index (χ1n) is 9.90. The summed E-state index contributed by atoms with van der Waals surface area (Å²) in [6.45, 7) is 10.9. The molecule has 27 heavy (non-hydrogen) atoms. The Hall–Kier alpha value is -2.09. The van der Waals surface area contributed by atoms with E-state index in [1.807, 2.05) is 6.07 Å². The zero-order chi connectivity index (χ0) is 19.2. The first kappa shape index (κ1) is 19.7. The van der Waals surface area contributed by atoms with Gasteiger partial charge in [-0.2, -0.15) is 0 Å². The van der Waals surface area contributed by atoms with Crippen molar-refractivity contribution in [1.82, 2.24) is 25.2 Å². The average Bonchev–Trinajstić information content (AvgIpc) is 3.16. The van der Waals surface area contributed by atoms with Crippen LogP contribution in [0.5, 0.6) is 0 Å². The molecule has 1 aromatic heterocycles. The van der Waals surface area contributed by atoms with Gasteiger partial charge in [-0.05, 0) is 18.3 Å². The van der Waals surface area contributed by atoms with Crippen LogP contribution in [0, 0.1) is 11.8 Å². The number of carbonyl (C=O) groups excluding carboxylic acids is 1. The normalized spacial score (nSPS) is 24.9. The highest BCUT2D eigenvalue weighted by atomic mass is 16.5. The molecule has 2 unspecified atom stereocenters. The number of guanidine groups is 1. The van der Waals surface area contributed by atoms with E-state index in [4.69, 9.17) is 4.52 Å². The Balaban J connectivity index is 1.43. The number of aliphatic imine (C=N–C) groups is 1. The first-order valence-corrected chi connectivity index (χ1v) is 9.90. The summed E-state index contributed by atoms with van der Waals surface area (Å²) >= 11 is 0. The van der Waals surface area contributed by atoms with Crippen LogP contribution in [0.4, 0.5) is 0 Å². The number of aromatic nitrogens is 1. The number of likely N-dealkylation sites (tertiary alicyclic amines) is 1. The monoisotopic (exact) mass is 376 g/mol. The highest BCUT2D eigenvalue weighted by Crippen LogP contribution is 2.21. The molecule has 8 heteroatoms. The van der Waals surface area contributed by atoms with Gasteiger partial charge < -0.3 is 19.6 Å². The lowest BCUT2D eigenvalue weighted by Gasteiger charge is -2.39. The number of rotatable bonds is 4. The molecular weight excluding hydrogens is 344 g/mol. The molecule has 1 amide bonds. The van der Waals surface area contributed by atoms with E-state index in [2.05, 4.69) is 44.0 Å². The van der Waals surface area contributed by atoms with Gasteiger partial charge in [0, 0.05) is 52.4 Å². The summed E-state index contributed by atoms with van der Waals surface area (Å²) < 4.78 is 4.85. The van der Waals surface area contributed by atoms with Crippen molar-refractivity contribution in [3.63, 3.8) is 0 Å². The third-order valence-electron chi connectivity index (χ3n) is 5.38. The summed E-state index contributed by atoms with van der Waals surface area (Å²) in [5.41, 5.74) is 0.852. The maximum Gasteiger partial charge on any atom is 0.236 e. The van der Waals surface area contributed by atoms with Crippen LogP contribution in [0.1, 0.15) is 26.0 Å². The third kappa shape index (κ3) is 5.45. The van der Waals surface area contributed by atoms with E-state index < -0.39 is 0 Å². The van der Waals surface area contributed by atoms with E-state index in [1.165, 1.54) is 6.42 Å². The Morgan fingerprint density at radius 2 is 1.93 bits per heavy atom. The largest absolute Gasteiger partial charge is 0.364 e. The summed E-state index contributed by atoms with van der Waals surface area (Å²) in [7, 11) is 1.79. The molecular formula is C19H32N6O2. The summed E-state index contributed by atoms with van der Waals surface area (Å²) in [5, 5.41) is 7.22. The molecule has 0 aliphatic carbocycles. The molecule has 2 fully saturated rings. The molecule has 0 saturated carbocycles. The summed E-state index contributed by atoms with van der Waals surface area (Å²) in [5.74, 6) is 2.35. The van der Waals surface area contributed by atoms with Crippen molar-refractivity contribution >= 4 is 11.9 Å². The molecule has 150 valence electrons. The lowest BCUT2D eigenvalue weighted by molar-refractivity contribution is -0.135. The van der Waals surface area contributed by atoms with Gasteiger partial charge in [-0.15, -0.1) is 0 Å². The maximum absolute atomic E-state index is 12.7. The van der Waals surface area contributed by atoms with Gasteiger partial charge in [-0.1, -0.05) is 19.0 Å². The fourth-order valence-corrected chi connectivity index (χ4v) is 4.11. The molecule has 2 saturated heterocycles. The number of hydrogen-bond donors (Lipinski definition) is 1. The maximum atomic E-state index is 12.7. The predicted molar refractivity (Wildman–Crippen MR) is 104 cm³/mol. The van der Waals surface area contributed by atoms with E-state index in [0.717, 1.165) is 50.9 Å². The number of amides is 1. The Labute approximate surface area is 161 Å². The predicted octanol–water partition coefficient (Wildman–Crippen LogP) is 0.872. The molecule has 2 atom stereocenters. The number of nitrogens with zero attached hydrogens (tertiary/aromatic N) is 5. The van der Waals surface area contributed by atoms with Gasteiger partial charge in [0.05, 0.1) is 13.1 Å². The second-order valence-corrected chi connectivity index (χ2v) is 7.90. The summed E-state index contributed by atoms with van der Waals surface area (Å²) in [6.07, 6.45) is 2.79. The number of piperazine rings is 1. The quantitative estimate of drug-likeness (QED) is 0.621. The Morgan fingerprint density at radius 3 is 2.52 bits per heavy atom. The van der Waals surface area contributed by atoms with Crippen molar-refractivity contribution < 1.29 is 9.32 Å². The SMILES string of the molecule is CN=C(NCc1ccon1)N1CCN(CC(=O)N2CC(C)CC(C)C2)CC1. The molecule has 0 radical (unpaired) electrons. The van der Waals surface area contributed by atoms with Gasteiger partial charge in [0.1, 0.15) is 12.0 Å². The highest BCUT2D eigenvalue weighted by Gasteiger charge is 2.28. The standard InChI is InChI=1S/C19H32N6O2/c1-15-10-16(2)13-25(12-15)18(26)14-23-5-7-24(8-6-23)19(20-3)21-11-17-4-9-27-22-17/h4,9,15-16H,5-8,10-14H2,1-3H3,(H,20,21). The van der Waals surface area contributed by atoms with Crippen LogP contribution in [0.15, 0.2) is 21.8 Å². The lowest BCUT2D eigenvalue weighted by atomic mass is 9.92. The lowest BCUT2D eigenvalue weighted by Crippen LogP contribution is -2.55. The summed E-state index contributed by atoms with van der Waals surface area (Å²) in [6, 6.07) is 1.84. The molecule has 2 aliphatic rings. The van der Waals surface area contributed by atoms with Crippen LogP contribution >= 0.6 is 0 Å². The second kappa shape index (κ2) is 9.21. The van der Waals surface area contributed by atoms with Crippen LogP contribution in [-0.4, -0.2) is 84.6 Å². The fraction of sp³-hybridized carbons (Fsp3) is 0.737. The minimum absolute atomic E-state index is 0.274. The zero-order valence-electron chi connectivity index (χ0n) is 16.7. The Bertz CT molecular complexity index is 614. The van der Waals surface area contributed by atoms with Gasteiger partial charge >= 0.3 is 0 Å². The van der Waals surface area contributed by atoms with Gasteiger partial charge in [0.2, 0.25) is 5.91 Å². The van der Waals surface area contributed by atoms with Crippen LogP contribution in [-0.2, 0) is 11.3 Å². The first-order chi connectivity index (χ1) is 13.0. The van der Waals surface area contributed by atoms with Gasteiger partial charge in [0.15, 0.2) is 5.96 Å². The zero-order valence-corrected chi connectivity index (χ0v) is 16.7. The van der Waals surface area contributed by atoms with Crippen molar-refractivity contribution in [2.45, 2.75) is 26.8 Å². The minimum atomic E-state index is 0.274. The van der Waals surface area contributed by atoms with Gasteiger partial charge in [0.25, 0.3) is 0 Å². The minimum Gasteiger partial charge on any atom is -0.364 e. The van der Waals surface area contributed by atoms with E-state index in [-0.39, 0.29) is 5.91 Å². The number of piperidine rings is 1. The number of carbonyl (C=O) groups is 1. The van der Waals surface area contributed by atoms with Crippen LogP contribution in [0.25, 0.3) is 0 Å². The smallest absolute Gasteiger partial charge is 0.236 e.